The third kappa shape index (κ3) is 3.48. The normalized spacial score (nSPS) is 11.2. The number of hydrogen-bond donors (Lipinski definition) is 0. The van der Waals surface area contributed by atoms with Gasteiger partial charge in [-0.05, 0) is 31.2 Å². The van der Waals surface area contributed by atoms with Gasteiger partial charge in [-0.1, -0.05) is 11.2 Å². The molecule has 0 fully saturated rings. The molecule has 1 aromatic carbocycles. The van der Waals surface area contributed by atoms with Crippen LogP contribution in [0.5, 0.6) is 17.4 Å². The zero-order chi connectivity index (χ0) is 21.4. The topological polar surface area (TPSA) is 110 Å². The van der Waals surface area contributed by atoms with Crippen molar-refractivity contribution in [3.8, 4) is 28.9 Å². The fourth-order valence-electron chi connectivity index (χ4n) is 3.17. The smallest absolute Gasteiger partial charge is 0.275 e. The summed E-state index contributed by atoms with van der Waals surface area (Å²) < 4.78 is 23.3. The number of rotatable bonds is 6. The molecule has 0 N–H and O–H groups in total. The Morgan fingerprint density at radius 1 is 1.00 bits per heavy atom. The Balaban J connectivity index is 1.46. The largest absolute Gasteiger partial charge is 0.497 e. The van der Waals surface area contributed by atoms with Gasteiger partial charge in [0.2, 0.25) is 5.82 Å². The minimum absolute atomic E-state index is 0.206. The predicted octanol–water partition coefficient (Wildman–Crippen LogP) is 3.23. The average Bonchev–Trinajstić information content (AvgIpc) is 3.41. The molecule has 0 saturated heterocycles. The van der Waals surface area contributed by atoms with E-state index in [0.717, 1.165) is 22.3 Å². The molecule has 0 amide bonds. The maximum atomic E-state index is 5.94. The minimum Gasteiger partial charge on any atom is -0.497 e. The summed E-state index contributed by atoms with van der Waals surface area (Å²) in [5.41, 5.74) is 2.62. The second-order valence-electron chi connectivity index (χ2n) is 6.78. The molecule has 4 aromatic heterocycles. The molecule has 31 heavy (non-hydrogen) atoms. The van der Waals surface area contributed by atoms with Gasteiger partial charge in [0, 0.05) is 17.5 Å². The van der Waals surface area contributed by atoms with Gasteiger partial charge < -0.3 is 18.7 Å². The van der Waals surface area contributed by atoms with E-state index in [0.29, 0.717) is 28.7 Å². The second kappa shape index (κ2) is 7.56. The van der Waals surface area contributed by atoms with Crippen molar-refractivity contribution in [1.82, 2.24) is 30.0 Å². The number of nitrogens with zero attached hydrogens (tertiary/aromatic N) is 6. The van der Waals surface area contributed by atoms with Crippen LogP contribution < -0.4 is 14.2 Å². The summed E-state index contributed by atoms with van der Waals surface area (Å²) in [4.78, 5) is 4.64. The van der Waals surface area contributed by atoms with Crippen LogP contribution in [0.3, 0.4) is 0 Å². The first-order chi connectivity index (χ1) is 15.1. The molecule has 4 heterocycles. The highest BCUT2D eigenvalue weighted by Crippen LogP contribution is 2.28. The third-order valence-electron chi connectivity index (χ3n) is 4.71. The molecule has 0 radical (unpaired) electrons. The summed E-state index contributed by atoms with van der Waals surface area (Å²) in [7, 11) is 3.18. The third-order valence-corrected chi connectivity index (χ3v) is 4.71. The molecule has 5 rings (SSSR count). The lowest BCUT2D eigenvalue weighted by molar-refractivity contribution is 0.264. The monoisotopic (exact) mass is 418 g/mol. The van der Waals surface area contributed by atoms with E-state index in [1.54, 1.807) is 33.3 Å². The molecule has 0 atom stereocenters. The lowest BCUT2D eigenvalue weighted by atomic mass is 10.2. The van der Waals surface area contributed by atoms with E-state index in [4.69, 9.17) is 18.7 Å². The molecule has 5 aromatic rings. The van der Waals surface area contributed by atoms with Crippen LogP contribution in [0.2, 0.25) is 0 Å². The Morgan fingerprint density at radius 2 is 1.90 bits per heavy atom. The summed E-state index contributed by atoms with van der Waals surface area (Å²) in [6.45, 7) is 2.01. The van der Waals surface area contributed by atoms with Crippen molar-refractivity contribution in [3.05, 3.63) is 53.9 Å². The zero-order valence-corrected chi connectivity index (χ0v) is 17.1. The second-order valence-corrected chi connectivity index (χ2v) is 6.78. The summed E-state index contributed by atoms with van der Waals surface area (Å²) >= 11 is 0. The van der Waals surface area contributed by atoms with E-state index in [9.17, 15) is 0 Å². The van der Waals surface area contributed by atoms with Crippen LogP contribution in [-0.2, 0) is 6.61 Å². The van der Waals surface area contributed by atoms with E-state index in [1.165, 1.54) is 4.52 Å². The fourth-order valence-corrected chi connectivity index (χ4v) is 3.17. The van der Waals surface area contributed by atoms with Gasteiger partial charge in [-0.25, -0.2) is 4.98 Å². The molecule has 10 nitrogen and oxygen atoms in total. The highest BCUT2D eigenvalue weighted by molar-refractivity contribution is 5.80. The van der Waals surface area contributed by atoms with Gasteiger partial charge in [0.05, 0.1) is 25.4 Å². The molecule has 0 bridgehead atoms. The highest BCUT2D eigenvalue weighted by Gasteiger charge is 2.18. The Hall–Kier alpha value is -4.21. The molecule has 0 saturated carbocycles. The number of aromatic nitrogens is 6. The van der Waals surface area contributed by atoms with Crippen LogP contribution in [0.4, 0.5) is 0 Å². The number of aryl methyl sites for hydroxylation is 1. The number of benzene rings is 1. The highest BCUT2D eigenvalue weighted by atomic mass is 16.5. The van der Waals surface area contributed by atoms with Crippen molar-refractivity contribution in [2.45, 2.75) is 13.5 Å². The molecular formula is C21H18N6O4. The van der Waals surface area contributed by atoms with Crippen LogP contribution in [0.25, 0.3) is 28.1 Å². The minimum atomic E-state index is 0.206. The predicted molar refractivity (Wildman–Crippen MR) is 110 cm³/mol. The van der Waals surface area contributed by atoms with Crippen molar-refractivity contribution in [3.63, 3.8) is 0 Å². The maximum Gasteiger partial charge on any atom is 0.275 e. The first kappa shape index (κ1) is 18.8. The molecule has 156 valence electrons. The summed E-state index contributed by atoms with van der Waals surface area (Å²) in [6, 6.07) is 13.0. The van der Waals surface area contributed by atoms with Gasteiger partial charge in [-0.3, -0.25) is 0 Å². The lowest BCUT2D eigenvalue weighted by Crippen LogP contribution is -2.05. The first-order valence-electron chi connectivity index (χ1n) is 9.45. The van der Waals surface area contributed by atoms with E-state index in [1.807, 2.05) is 30.3 Å². The average molecular weight is 418 g/mol. The van der Waals surface area contributed by atoms with E-state index < -0.39 is 0 Å². The van der Waals surface area contributed by atoms with Gasteiger partial charge in [0.25, 0.3) is 5.88 Å². The van der Waals surface area contributed by atoms with Gasteiger partial charge in [-0.2, -0.15) is 4.52 Å². The van der Waals surface area contributed by atoms with E-state index in [-0.39, 0.29) is 12.5 Å². The lowest BCUT2D eigenvalue weighted by Gasteiger charge is -2.10. The number of hydrogen-bond acceptors (Lipinski definition) is 9. The standard InChI is InChI=1S/C21H18N6O4/c1-12-8-17(26-31-12)20-24-23-19-10-18(29-3)21(25-27(19)20)30-11-14-5-4-13-9-15(28-2)6-7-16(13)22-14/h4-10H,11H2,1-3H3. The maximum absolute atomic E-state index is 5.94. The van der Waals surface area contributed by atoms with Crippen LogP contribution in [0.15, 0.2) is 47.0 Å². The first-order valence-corrected chi connectivity index (χ1v) is 9.45. The summed E-state index contributed by atoms with van der Waals surface area (Å²) in [5.74, 6) is 2.61. The van der Waals surface area contributed by atoms with Gasteiger partial charge >= 0.3 is 0 Å². The Bertz CT molecular complexity index is 1390. The fraction of sp³-hybridized carbons (Fsp3) is 0.190. The number of ether oxygens (including phenoxy) is 3. The van der Waals surface area contributed by atoms with Crippen molar-refractivity contribution in [2.24, 2.45) is 0 Å². The number of methoxy groups -OCH3 is 2. The Kier molecular flexibility index (Phi) is 4.58. The number of fused-ring (bicyclic) bond motifs is 2. The van der Waals surface area contributed by atoms with Gasteiger partial charge in [0.15, 0.2) is 17.1 Å². The Morgan fingerprint density at radius 3 is 2.68 bits per heavy atom. The van der Waals surface area contributed by atoms with Crippen LogP contribution >= 0.6 is 0 Å². The molecule has 0 unspecified atom stereocenters. The van der Waals surface area contributed by atoms with Crippen LogP contribution in [0.1, 0.15) is 11.5 Å². The molecular weight excluding hydrogens is 400 g/mol. The van der Waals surface area contributed by atoms with Gasteiger partial charge in [0.1, 0.15) is 18.1 Å². The molecule has 10 heteroatoms. The van der Waals surface area contributed by atoms with Crippen molar-refractivity contribution >= 4 is 16.6 Å². The van der Waals surface area contributed by atoms with Crippen LogP contribution in [0, 0.1) is 6.92 Å². The summed E-state index contributed by atoms with van der Waals surface area (Å²) in [5, 5.41) is 17.8. The van der Waals surface area contributed by atoms with E-state index >= 15 is 0 Å². The molecule has 0 aliphatic carbocycles. The van der Waals surface area contributed by atoms with Crippen molar-refractivity contribution in [1.29, 1.82) is 0 Å². The van der Waals surface area contributed by atoms with Gasteiger partial charge in [-0.15, -0.1) is 15.3 Å². The SMILES string of the molecule is COc1ccc2nc(COc3nn4c(-c5cc(C)on5)nnc4cc3OC)ccc2c1. The molecule has 0 aliphatic rings. The molecule has 0 aliphatic heterocycles. The molecule has 0 spiro atoms. The van der Waals surface area contributed by atoms with Crippen molar-refractivity contribution < 1.29 is 18.7 Å². The van der Waals surface area contributed by atoms with E-state index in [2.05, 4.69) is 25.4 Å². The Labute approximate surface area is 176 Å². The zero-order valence-electron chi connectivity index (χ0n) is 17.1. The van der Waals surface area contributed by atoms with Crippen LogP contribution in [-0.4, -0.2) is 44.2 Å². The summed E-state index contributed by atoms with van der Waals surface area (Å²) in [6.07, 6.45) is 0. The quantitative estimate of drug-likeness (QED) is 0.410. The number of pyridine rings is 1. The van der Waals surface area contributed by atoms with Crippen molar-refractivity contribution in [2.75, 3.05) is 14.2 Å².